The maximum Gasteiger partial charge on any atom is 0.317 e. The lowest BCUT2D eigenvalue weighted by Gasteiger charge is -2.36. The molecule has 0 unspecified atom stereocenters. The van der Waals surface area contributed by atoms with E-state index in [-0.39, 0.29) is 30.1 Å². The Balaban J connectivity index is 1.28. The second-order valence-electron chi connectivity index (χ2n) is 7.80. The van der Waals surface area contributed by atoms with Crippen molar-refractivity contribution < 1.29 is 19.2 Å². The predicted molar refractivity (Wildman–Crippen MR) is 119 cm³/mol. The molecule has 0 spiro atoms. The first-order valence-electron chi connectivity index (χ1n) is 10.4. The summed E-state index contributed by atoms with van der Waals surface area (Å²) in [6.07, 6.45) is 0.264. The zero-order valence-corrected chi connectivity index (χ0v) is 17.8. The van der Waals surface area contributed by atoms with Gasteiger partial charge in [0.1, 0.15) is 5.75 Å². The van der Waals surface area contributed by atoms with Crippen LogP contribution in [-0.2, 0) is 4.79 Å². The number of urea groups is 1. The van der Waals surface area contributed by atoms with Crippen LogP contribution in [0.15, 0.2) is 48.5 Å². The van der Waals surface area contributed by atoms with Crippen LogP contribution in [0.1, 0.15) is 6.42 Å². The van der Waals surface area contributed by atoms with E-state index in [0.717, 1.165) is 17.1 Å². The lowest BCUT2D eigenvalue weighted by Crippen LogP contribution is -2.53. The fourth-order valence-electron chi connectivity index (χ4n) is 4.03. The molecule has 0 bridgehead atoms. The highest BCUT2D eigenvalue weighted by molar-refractivity contribution is 5.96. The Morgan fingerprint density at radius 1 is 1.03 bits per heavy atom. The number of hydrogen-bond donors (Lipinski definition) is 1. The van der Waals surface area contributed by atoms with Gasteiger partial charge in [-0.15, -0.1) is 0 Å². The van der Waals surface area contributed by atoms with Crippen LogP contribution in [0.5, 0.6) is 5.75 Å². The summed E-state index contributed by atoms with van der Waals surface area (Å²) in [4.78, 5) is 41.1. The first kappa shape index (κ1) is 21.4. The number of rotatable bonds is 5. The summed E-state index contributed by atoms with van der Waals surface area (Å²) in [5.74, 6) is 0.696. The van der Waals surface area contributed by atoms with Gasteiger partial charge in [-0.3, -0.25) is 14.9 Å². The van der Waals surface area contributed by atoms with E-state index in [9.17, 15) is 19.7 Å². The number of nitrogens with one attached hydrogen (secondary N) is 1. The van der Waals surface area contributed by atoms with Gasteiger partial charge in [-0.05, 0) is 36.4 Å². The Kier molecular flexibility index (Phi) is 6.11. The number of non-ortho nitro benzene ring substituents is 1. The molecule has 2 aromatic rings. The lowest BCUT2D eigenvalue weighted by molar-refractivity contribution is -0.384. The number of nitro groups is 1. The molecule has 10 heteroatoms. The molecule has 168 valence electrons. The average Bonchev–Trinajstić information content (AvgIpc) is 3.19. The Morgan fingerprint density at radius 3 is 2.25 bits per heavy atom. The van der Waals surface area contributed by atoms with Crippen molar-refractivity contribution in [2.75, 3.05) is 49.6 Å². The van der Waals surface area contributed by atoms with E-state index in [1.165, 1.54) is 12.1 Å². The third kappa shape index (κ3) is 4.58. The summed E-state index contributed by atoms with van der Waals surface area (Å²) >= 11 is 0. The van der Waals surface area contributed by atoms with Gasteiger partial charge in [0.05, 0.1) is 18.1 Å². The topological polar surface area (TPSA) is 108 Å². The Bertz CT molecular complexity index is 987. The highest BCUT2D eigenvalue weighted by Gasteiger charge is 2.33. The van der Waals surface area contributed by atoms with Crippen LogP contribution in [-0.4, -0.2) is 67.6 Å². The maximum absolute atomic E-state index is 12.7. The molecule has 0 radical (unpaired) electrons. The fourth-order valence-corrected chi connectivity index (χ4v) is 4.03. The van der Waals surface area contributed by atoms with Crippen molar-refractivity contribution in [3.05, 3.63) is 58.6 Å². The number of hydrogen-bond acceptors (Lipinski definition) is 6. The second kappa shape index (κ2) is 9.13. The average molecular weight is 439 g/mol. The minimum atomic E-state index is -0.421. The van der Waals surface area contributed by atoms with Gasteiger partial charge in [0.2, 0.25) is 5.91 Å². The minimum Gasteiger partial charge on any atom is -0.497 e. The van der Waals surface area contributed by atoms with Crippen LogP contribution in [0.3, 0.4) is 0 Å². The van der Waals surface area contributed by atoms with E-state index in [1.807, 2.05) is 12.1 Å². The summed E-state index contributed by atoms with van der Waals surface area (Å²) in [6.45, 7) is 2.76. The number of methoxy groups -OCH3 is 1. The number of piperazine rings is 1. The molecule has 0 aromatic heterocycles. The van der Waals surface area contributed by atoms with Gasteiger partial charge in [-0.1, -0.05) is 0 Å². The van der Waals surface area contributed by atoms with Crippen LogP contribution in [0.25, 0.3) is 0 Å². The van der Waals surface area contributed by atoms with Crippen molar-refractivity contribution in [3.8, 4) is 5.75 Å². The van der Waals surface area contributed by atoms with Gasteiger partial charge in [0, 0.05) is 62.7 Å². The first-order chi connectivity index (χ1) is 15.4. The summed E-state index contributed by atoms with van der Waals surface area (Å²) in [5.41, 5.74) is 1.73. The molecule has 2 saturated heterocycles. The summed E-state index contributed by atoms with van der Waals surface area (Å²) < 4.78 is 5.15. The quantitative estimate of drug-likeness (QED) is 0.565. The maximum atomic E-state index is 12.7. The molecular formula is C22H25N5O5. The highest BCUT2D eigenvalue weighted by Crippen LogP contribution is 2.25. The molecule has 2 aromatic carbocycles. The van der Waals surface area contributed by atoms with Gasteiger partial charge in [0.15, 0.2) is 0 Å². The molecule has 1 atom stereocenters. The zero-order chi connectivity index (χ0) is 22.7. The third-order valence-corrected chi connectivity index (χ3v) is 5.83. The van der Waals surface area contributed by atoms with Gasteiger partial charge < -0.3 is 24.8 Å². The van der Waals surface area contributed by atoms with Gasteiger partial charge in [-0.25, -0.2) is 4.79 Å². The van der Waals surface area contributed by atoms with Crippen LogP contribution < -0.4 is 19.9 Å². The van der Waals surface area contributed by atoms with Crippen molar-refractivity contribution >= 4 is 29.0 Å². The van der Waals surface area contributed by atoms with Crippen molar-refractivity contribution in [1.82, 2.24) is 10.2 Å². The van der Waals surface area contributed by atoms with E-state index in [2.05, 4.69) is 10.2 Å². The molecule has 4 rings (SSSR count). The van der Waals surface area contributed by atoms with E-state index in [1.54, 1.807) is 41.2 Å². The molecule has 0 saturated carbocycles. The SMILES string of the molecule is COc1ccc(N2C[C@H](NC(=O)N3CCN(c4ccc([N+](=O)[O-])cc4)CC3)CC2=O)cc1. The number of ether oxygens (including phenoxy) is 1. The lowest BCUT2D eigenvalue weighted by atomic mass is 10.2. The van der Waals surface area contributed by atoms with E-state index in [0.29, 0.717) is 32.7 Å². The summed E-state index contributed by atoms with van der Waals surface area (Å²) in [6, 6.07) is 13.3. The van der Waals surface area contributed by atoms with E-state index >= 15 is 0 Å². The van der Waals surface area contributed by atoms with Gasteiger partial charge in [-0.2, -0.15) is 0 Å². The van der Waals surface area contributed by atoms with E-state index in [4.69, 9.17) is 4.74 Å². The molecular weight excluding hydrogens is 414 g/mol. The van der Waals surface area contributed by atoms with Crippen LogP contribution in [0, 0.1) is 10.1 Å². The summed E-state index contributed by atoms with van der Waals surface area (Å²) in [7, 11) is 1.59. The van der Waals surface area contributed by atoms with Crippen LogP contribution >= 0.6 is 0 Å². The van der Waals surface area contributed by atoms with Crippen molar-refractivity contribution in [2.45, 2.75) is 12.5 Å². The number of nitrogens with zero attached hydrogens (tertiary/aromatic N) is 4. The van der Waals surface area contributed by atoms with Crippen molar-refractivity contribution in [1.29, 1.82) is 0 Å². The second-order valence-corrected chi connectivity index (χ2v) is 7.80. The molecule has 2 heterocycles. The number of anilines is 2. The molecule has 3 amide bonds. The Labute approximate surface area is 185 Å². The third-order valence-electron chi connectivity index (χ3n) is 5.83. The monoisotopic (exact) mass is 439 g/mol. The largest absolute Gasteiger partial charge is 0.497 e. The Hall–Kier alpha value is -3.82. The van der Waals surface area contributed by atoms with Gasteiger partial charge >= 0.3 is 6.03 Å². The zero-order valence-electron chi connectivity index (χ0n) is 17.8. The van der Waals surface area contributed by atoms with E-state index < -0.39 is 4.92 Å². The van der Waals surface area contributed by atoms with Gasteiger partial charge in [0.25, 0.3) is 5.69 Å². The normalized spacial score (nSPS) is 18.6. The number of carbonyl (C=O) groups is 2. The molecule has 1 N–H and O–H groups in total. The summed E-state index contributed by atoms with van der Waals surface area (Å²) in [5, 5.41) is 13.8. The Morgan fingerprint density at radius 2 is 1.66 bits per heavy atom. The number of carbonyl (C=O) groups excluding carboxylic acids is 2. The molecule has 2 aliphatic heterocycles. The molecule has 2 fully saturated rings. The molecule has 32 heavy (non-hydrogen) atoms. The number of benzene rings is 2. The smallest absolute Gasteiger partial charge is 0.317 e. The standard InChI is InChI=1S/C22H25N5O5/c1-32-20-8-6-18(7-9-20)26-15-16(14-21(26)28)23-22(29)25-12-10-24(11-13-25)17-2-4-19(5-3-17)27(30)31/h2-9,16H,10-15H2,1H3,(H,23,29)/t16-/m1/s1. The number of amides is 3. The molecule has 10 nitrogen and oxygen atoms in total. The molecule has 0 aliphatic carbocycles. The van der Waals surface area contributed by atoms with Crippen LogP contribution in [0.4, 0.5) is 21.9 Å². The minimum absolute atomic E-state index is 0.0246. The van der Waals surface area contributed by atoms with Crippen LogP contribution in [0.2, 0.25) is 0 Å². The predicted octanol–water partition coefficient (Wildman–Crippen LogP) is 2.24. The fraction of sp³-hybridized carbons (Fsp3) is 0.364. The van der Waals surface area contributed by atoms with Crippen molar-refractivity contribution in [2.24, 2.45) is 0 Å². The van der Waals surface area contributed by atoms with Crippen molar-refractivity contribution in [3.63, 3.8) is 0 Å². The highest BCUT2D eigenvalue weighted by atomic mass is 16.6. The first-order valence-corrected chi connectivity index (χ1v) is 10.4. The number of nitro benzene ring substituents is 1. The molecule has 2 aliphatic rings.